The number of rotatable bonds is 6. The van der Waals surface area contributed by atoms with Gasteiger partial charge in [0.25, 0.3) is 5.91 Å². The molecule has 0 unspecified atom stereocenters. The Morgan fingerprint density at radius 1 is 1.30 bits per heavy atom. The number of carbonyl (C=O) groups excluding carboxylic acids is 1. The lowest BCUT2D eigenvalue weighted by atomic mass is 10.1. The van der Waals surface area contributed by atoms with E-state index in [0.29, 0.717) is 19.1 Å². The first kappa shape index (κ1) is 20.4. The molecule has 1 aliphatic heterocycles. The van der Waals surface area contributed by atoms with Gasteiger partial charge in [-0.15, -0.1) is 0 Å². The third-order valence-electron chi connectivity index (χ3n) is 5.24. The molecule has 27 heavy (non-hydrogen) atoms. The summed E-state index contributed by atoms with van der Waals surface area (Å²) in [6, 6.07) is 1.95. The van der Waals surface area contributed by atoms with Crippen LogP contribution in [0, 0.1) is 11.7 Å². The average Bonchev–Trinajstić information content (AvgIpc) is 3.26. The Morgan fingerprint density at radius 3 is 2.63 bits per heavy atom. The summed E-state index contributed by atoms with van der Waals surface area (Å²) >= 11 is 6.12. The monoisotopic (exact) mass is 418 g/mol. The minimum absolute atomic E-state index is 0.0754. The molecule has 0 aromatic heterocycles. The Hall–Kier alpha value is -1.38. The number of nitrogens with zero attached hydrogens (tertiary/aromatic N) is 1. The molecule has 1 atom stereocenters. The second-order valence-electron chi connectivity index (χ2n) is 7.26. The maximum Gasteiger partial charge on any atom is 0.304 e. The Morgan fingerprint density at radius 2 is 2.00 bits per heavy atom. The molecule has 1 aromatic carbocycles. The molecule has 1 saturated heterocycles. The van der Waals surface area contributed by atoms with E-state index < -0.39 is 27.5 Å². The van der Waals surface area contributed by atoms with Crippen molar-refractivity contribution in [3.05, 3.63) is 28.5 Å². The van der Waals surface area contributed by atoms with Crippen LogP contribution >= 0.6 is 11.6 Å². The molecule has 1 aromatic rings. The van der Waals surface area contributed by atoms with Crippen molar-refractivity contribution in [3.63, 3.8) is 0 Å². The van der Waals surface area contributed by atoms with E-state index in [1.165, 1.54) is 17.1 Å². The fourth-order valence-electron chi connectivity index (χ4n) is 3.69. The summed E-state index contributed by atoms with van der Waals surface area (Å²) in [5.41, 5.74) is -0.427. The van der Waals surface area contributed by atoms with Gasteiger partial charge in [-0.25, -0.2) is 9.11 Å². The first-order valence-corrected chi connectivity index (χ1v) is 11.1. The summed E-state index contributed by atoms with van der Waals surface area (Å²) in [7, 11) is -4.02. The minimum Gasteiger partial charge on any atom is -0.492 e. The van der Waals surface area contributed by atoms with Crippen molar-refractivity contribution in [1.29, 1.82) is 0 Å². The van der Waals surface area contributed by atoms with Crippen LogP contribution in [-0.2, 0) is 10.2 Å². The topological polar surface area (TPSA) is 75.7 Å². The zero-order valence-electron chi connectivity index (χ0n) is 15.2. The number of benzene rings is 1. The Bertz CT molecular complexity index is 812. The lowest BCUT2D eigenvalue weighted by Crippen LogP contribution is -2.45. The van der Waals surface area contributed by atoms with Crippen LogP contribution in [-0.4, -0.2) is 37.8 Å². The van der Waals surface area contributed by atoms with E-state index in [-0.39, 0.29) is 16.8 Å². The Balaban J connectivity index is 1.70. The highest BCUT2D eigenvalue weighted by molar-refractivity contribution is 7.87. The van der Waals surface area contributed by atoms with Gasteiger partial charge in [0.1, 0.15) is 11.6 Å². The molecule has 3 rings (SSSR count). The zero-order valence-corrected chi connectivity index (χ0v) is 16.8. The van der Waals surface area contributed by atoms with Crippen molar-refractivity contribution in [2.45, 2.75) is 51.5 Å². The highest BCUT2D eigenvalue weighted by Gasteiger charge is 2.33. The number of halogens is 2. The third-order valence-corrected chi connectivity index (χ3v) is 7.14. The van der Waals surface area contributed by atoms with E-state index in [4.69, 9.17) is 16.3 Å². The number of ether oxygens (including phenoxy) is 1. The fourth-order valence-corrected chi connectivity index (χ4v) is 5.32. The second-order valence-corrected chi connectivity index (χ2v) is 9.29. The Kier molecular flexibility index (Phi) is 6.28. The van der Waals surface area contributed by atoms with Crippen LogP contribution in [0.2, 0.25) is 5.02 Å². The predicted molar refractivity (Wildman–Crippen MR) is 101 cm³/mol. The smallest absolute Gasteiger partial charge is 0.304 e. The molecule has 2 fully saturated rings. The van der Waals surface area contributed by atoms with Crippen molar-refractivity contribution in [1.82, 2.24) is 9.03 Å². The second kappa shape index (κ2) is 8.32. The number of carbonyl (C=O) groups is 1. The highest BCUT2D eigenvalue weighted by Crippen LogP contribution is 2.31. The van der Waals surface area contributed by atoms with Crippen molar-refractivity contribution >= 4 is 27.7 Å². The van der Waals surface area contributed by atoms with Gasteiger partial charge < -0.3 is 4.74 Å². The molecule has 6 nitrogen and oxygen atoms in total. The van der Waals surface area contributed by atoms with Gasteiger partial charge in [0.2, 0.25) is 0 Å². The molecule has 0 radical (unpaired) electrons. The number of amides is 1. The SMILES string of the molecule is C[C@H]1CCCN1S(=O)(=O)NC(=O)c1cc(Cl)c(OCC2CCCC2)cc1F. The Labute approximate surface area is 164 Å². The molecule has 2 aliphatic rings. The maximum atomic E-state index is 14.4. The first-order chi connectivity index (χ1) is 12.8. The van der Waals surface area contributed by atoms with E-state index in [1.54, 1.807) is 6.92 Å². The molecule has 1 aliphatic carbocycles. The summed E-state index contributed by atoms with van der Waals surface area (Å²) in [5, 5.41) is 0.0754. The molecule has 0 spiro atoms. The third kappa shape index (κ3) is 4.73. The molecule has 1 N–H and O–H groups in total. The van der Waals surface area contributed by atoms with E-state index in [0.717, 1.165) is 37.8 Å². The van der Waals surface area contributed by atoms with Gasteiger partial charge in [0, 0.05) is 18.7 Å². The van der Waals surface area contributed by atoms with Crippen LogP contribution in [0.3, 0.4) is 0 Å². The van der Waals surface area contributed by atoms with Crippen molar-refractivity contribution in [3.8, 4) is 5.75 Å². The van der Waals surface area contributed by atoms with Gasteiger partial charge in [-0.3, -0.25) is 4.79 Å². The van der Waals surface area contributed by atoms with E-state index in [2.05, 4.69) is 0 Å². The summed E-state index contributed by atoms with van der Waals surface area (Å²) in [6.07, 6.45) is 5.94. The number of hydrogen-bond donors (Lipinski definition) is 1. The minimum atomic E-state index is -4.02. The summed E-state index contributed by atoms with van der Waals surface area (Å²) in [5.74, 6) is -1.33. The van der Waals surface area contributed by atoms with Crippen LogP contribution < -0.4 is 9.46 Å². The standard InChI is InChI=1S/C18H24ClFN2O4S/c1-12-5-4-8-22(12)27(24,25)21-18(23)14-9-15(19)17(10-16(14)20)26-11-13-6-2-3-7-13/h9-10,12-13H,2-8,11H2,1H3,(H,21,23)/t12-/m0/s1. The molecule has 150 valence electrons. The highest BCUT2D eigenvalue weighted by atomic mass is 35.5. The first-order valence-electron chi connectivity index (χ1n) is 9.23. The molecule has 9 heteroatoms. The summed E-state index contributed by atoms with van der Waals surface area (Å²) in [6.45, 7) is 2.55. The predicted octanol–water partition coefficient (Wildman–Crippen LogP) is 3.51. The molecule has 1 saturated carbocycles. The summed E-state index contributed by atoms with van der Waals surface area (Å²) in [4.78, 5) is 12.3. The van der Waals surface area contributed by atoms with Crippen molar-refractivity contribution < 1.29 is 22.3 Å². The van der Waals surface area contributed by atoms with Crippen LogP contribution in [0.1, 0.15) is 55.8 Å². The van der Waals surface area contributed by atoms with Crippen molar-refractivity contribution in [2.24, 2.45) is 5.92 Å². The quantitative estimate of drug-likeness (QED) is 0.767. The fraction of sp³-hybridized carbons (Fsp3) is 0.611. The van der Waals surface area contributed by atoms with E-state index in [9.17, 15) is 17.6 Å². The largest absolute Gasteiger partial charge is 0.492 e. The molecule has 1 heterocycles. The van der Waals surface area contributed by atoms with Gasteiger partial charge in [0.05, 0.1) is 17.2 Å². The molecular weight excluding hydrogens is 395 g/mol. The number of hydrogen-bond acceptors (Lipinski definition) is 4. The molecule has 1 amide bonds. The van der Waals surface area contributed by atoms with E-state index in [1.807, 2.05) is 4.72 Å². The summed E-state index contributed by atoms with van der Waals surface area (Å²) < 4.78 is 47.9. The normalized spacial score (nSPS) is 21.5. The average molecular weight is 419 g/mol. The lowest BCUT2D eigenvalue weighted by Gasteiger charge is -2.21. The van der Waals surface area contributed by atoms with Crippen LogP contribution in [0.25, 0.3) is 0 Å². The molecular formula is C18H24ClFN2O4S. The van der Waals surface area contributed by atoms with Crippen molar-refractivity contribution in [2.75, 3.05) is 13.2 Å². The van der Waals surface area contributed by atoms with Gasteiger partial charge in [-0.05, 0) is 44.6 Å². The van der Waals surface area contributed by atoms with Crippen LogP contribution in [0.5, 0.6) is 5.75 Å². The molecule has 0 bridgehead atoms. The van der Waals surface area contributed by atoms with Crippen LogP contribution in [0.4, 0.5) is 4.39 Å². The number of nitrogens with one attached hydrogen (secondary N) is 1. The van der Waals surface area contributed by atoms with Gasteiger partial charge in [-0.2, -0.15) is 12.7 Å². The van der Waals surface area contributed by atoms with E-state index >= 15 is 0 Å². The van der Waals surface area contributed by atoms with Gasteiger partial charge in [0.15, 0.2) is 0 Å². The lowest BCUT2D eigenvalue weighted by molar-refractivity contribution is 0.0975. The van der Waals surface area contributed by atoms with Gasteiger partial charge in [-0.1, -0.05) is 24.4 Å². The van der Waals surface area contributed by atoms with Gasteiger partial charge >= 0.3 is 10.2 Å². The van der Waals surface area contributed by atoms with Crippen LogP contribution in [0.15, 0.2) is 12.1 Å². The maximum absolute atomic E-state index is 14.4. The zero-order chi connectivity index (χ0) is 19.6.